The SMILES string of the molecule is CC1=C(C(=O)Nc2ccccc2)[C@H](c2ccc(O)cc2)n2nc(-c3cccc(Cl)c3)nc2N1. The van der Waals surface area contributed by atoms with Gasteiger partial charge in [-0.15, -0.1) is 5.10 Å². The number of para-hydroxylation sites is 1. The van der Waals surface area contributed by atoms with Crippen LogP contribution in [0.5, 0.6) is 5.75 Å². The molecule has 0 radical (unpaired) electrons. The van der Waals surface area contributed by atoms with Gasteiger partial charge in [-0.2, -0.15) is 4.98 Å². The summed E-state index contributed by atoms with van der Waals surface area (Å²) in [5.41, 5.74) is 3.41. The molecular formula is C25H20ClN5O2. The van der Waals surface area contributed by atoms with Crippen LogP contribution in [-0.2, 0) is 4.79 Å². The molecule has 0 aliphatic carbocycles. The van der Waals surface area contributed by atoms with Crippen LogP contribution in [0.25, 0.3) is 11.4 Å². The minimum Gasteiger partial charge on any atom is -0.508 e. The number of hydrogen-bond donors (Lipinski definition) is 3. The second-order valence-corrected chi connectivity index (χ2v) is 8.13. The molecule has 1 aromatic heterocycles. The number of allylic oxidation sites excluding steroid dienone is 1. The molecule has 1 atom stereocenters. The maximum Gasteiger partial charge on any atom is 0.255 e. The van der Waals surface area contributed by atoms with Crippen LogP contribution in [0.1, 0.15) is 18.5 Å². The van der Waals surface area contributed by atoms with Gasteiger partial charge in [0.2, 0.25) is 5.95 Å². The van der Waals surface area contributed by atoms with Gasteiger partial charge in [-0.05, 0) is 48.9 Å². The fourth-order valence-electron chi connectivity index (χ4n) is 3.88. The number of amides is 1. The van der Waals surface area contributed by atoms with Crippen molar-refractivity contribution in [1.29, 1.82) is 0 Å². The molecule has 5 rings (SSSR count). The summed E-state index contributed by atoms with van der Waals surface area (Å²) >= 11 is 6.16. The highest BCUT2D eigenvalue weighted by atomic mass is 35.5. The standard InChI is InChI=1S/C25H20ClN5O2/c1-15-21(24(33)28-19-8-3-2-4-9-19)22(16-10-12-20(32)13-11-16)31-25(27-15)29-23(30-31)17-6-5-7-18(26)14-17/h2-14,22,32H,1H3,(H,28,33)(H,27,29,30)/t22-/m0/s1. The summed E-state index contributed by atoms with van der Waals surface area (Å²) in [5, 5.41) is 21.3. The lowest BCUT2D eigenvalue weighted by atomic mass is 9.95. The maximum atomic E-state index is 13.4. The molecule has 164 valence electrons. The lowest BCUT2D eigenvalue weighted by Gasteiger charge is -2.28. The zero-order valence-electron chi connectivity index (χ0n) is 17.7. The number of phenols is 1. The summed E-state index contributed by atoms with van der Waals surface area (Å²) in [4.78, 5) is 18.1. The summed E-state index contributed by atoms with van der Waals surface area (Å²) in [6.45, 7) is 1.84. The Labute approximate surface area is 195 Å². The molecule has 0 saturated heterocycles. The molecule has 0 spiro atoms. The summed E-state index contributed by atoms with van der Waals surface area (Å²) in [6.07, 6.45) is 0. The first-order valence-corrected chi connectivity index (χ1v) is 10.7. The number of phenolic OH excluding ortho intramolecular Hbond substituents is 1. The van der Waals surface area contributed by atoms with Gasteiger partial charge in [0.05, 0.1) is 5.57 Å². The fourth-order valence-corrected chi connectivity index (χ4v) is 4.07. The van der Waals surface area contributed by atoms with Gasteiger partial charge in [-0.25, -0.2) is 4.68 Å². The first-order chi connectivity index (χ1) is 16.0. The van der Waals surface area contributed by atoms with Crippen molar-refractivity contribution in [3.05, 3.63) is 101 Å². The third-order valence-electron chi connectivity index (χ3n) is 5.42. The monoisotopic (exact) mass is 457 g/mol. The lowest BCUT2D eigenvalue weighted by Crippen LogP contribution is -2.31. The van der Waals surface area contributed by atoms with Crippen molar-refractivity contribution >= 4 is 29.1 Å². The van der Waals surface area contributed by atoms with Crippen molar-refractivity contribution in [2.75, 3.05) is 10.6 Å². The zero-order chi connectivity index (χ0) is 22.9. The van der Waals surface area contributed by atoms with E-state index >= 15 is 0 Å². The van der Waals surface area contributed by atoms with Crippen molar-refractivity contribution < 1.29 is 9.90 Å². The highest BCUT2D eigenvalue weighted by Crippen LogP contribution is 2.37. The Morgan fingerprint density at radius 1 is 1.06 bits per heavy atom. The van der Waals surface area contributed by atoms with E-state index in [2.05, 4.69) is 15.6 Å². The molecule has 8 heteroatoms. The second-order valence-electron chi connectivity index (χ2n) is 7.69. The molecule has 0 bridgehead atoms. The summed E-state index contributed by atoms with van der Waals surface area (Å²) in [7, 11) is 0. The molecule has 3 N–H and O–H groups in total. The summed E-state index contributed by atoms with van der Waals surface area (Å²) in [5.74, 6) is 0.884. The van der Waals surface area contributed by atoms with Crippen LogP contribution in [0.4, 0.5) is 11.6 Å². The van der Waals surface area contributed by atoms with E-state index in [1.165, 1.54) is 0 Å². The smallest absolute Gasteiger partial charge is 0.255 e. The van der Waals surface area contributed by atoms with Crippen molar-refractivity contribution in [3.8, 4) is 17.1 Å². The van der Waals surface area contributed by atoms with Gasteiger partial charge in [0.1, 0.15) is 11.8 Å². The van der Waals surface area contributed by atoms with Gasteiger partial charge in [0.25, 0.3) is 5.91 Å². The van der Waals surface area contributed by atoms with E-state index in [9.17, 15) is 9.90 Å². The zero-order valence-corrected chi connectivity index (χ0v) is 18.4. The molecule has 0 unspecified atom stereocenters. The molecule has 1 aliphatic heterocycles. The largest absolute Gasteiger partial charge is 0.508 e. The van der Waals surface area contributed by atoms with Crippen molar-refractivity contribution in [1.82, 2.24) is 14.8 Å². The van der Waals surface area contributed by atoms with Crippen LogP contribution >= 0.6 is 11.6 Å². The topological polar surface area (TPSA) is 92.1 Å². The Bertz CT molecular complexity index is 1360. The van der Waals surface area contributed by atoms with Gasteiger partial charge in [-0.3, -0.25) is 4.79 Å². The van der Waals surface area contributed by atoms with Gasteiger partial charge in [-0.1, -0.05) is 54.1 Å². The number of hydrogen-bond acceptors (Lipinski definition) is 5. The Morgan fingerprint density at radius 3 is 2.55 bits per heavy atom. The average Bonchev–Trinajstić information content (AvgIpc) is 3.23. The van der Waals surface area contributed by atoms with Crippen molar-refractivity contribution in [3.63, 3.8) is 0 Å². The Morgan fingerprint density at radius 2 is 1.82 bits per heavy atom. The number of rotatable bonds is 4. The normalized spacial score (nSPS) is 15.0. The number of nitrogens with one attached hydrogen (secondary N) is 2. The van der Waals surface area contributed by atoms with E-state index in [1.807, 2.05) is 49.4 Å². The number of halogens is 1. The van der Waals surface area contributed by atoms with Crippen LogP contribution in [0.15, 0.2) is 90.1 Å². The lowest BCUT2D eigenvalue weighted by molar-refractivity contribution is -0.113. The number of aromatic hydroxyl groups is 1. The molecule has 0 saturated carbocycles. The first kappa shape index (κ1) is 20.8. The van der Waals surface area contributed by atoms with E-state index < -0.39 is 6.04 Å². The number of carbonyl (C=O) groups excluding carboxylic acids is 1. The predicted molar refractivity (Wildman–Crippen MR) is 128 cm³/mol. The van der Waals surface area contributed by atoms with Crippen LogP contribution < -0.4 is 10.6 Å². The number of anilines is 2. The van der Waals surface area contributed by atoms with E-state index in [0.29, 0.717) is 33.8 Å². The molecule has 33 heavy (non-hydrogen) atoms. The third-order valence-corrected chi connectivity index (χ3v) is 5.66. The molecule has 0 fully saturated rings. The number of fused-ring (bicyclic) bond motifs is 1. The van der Waals surface area contributed by atoms with Gasteiger partial charge < -0.3 is 15.7 Å². The van der Waals surface area contributed by atoms with Crippen LogP contribution in [0.3, 0.4) is 0 Å². The van der Waals surface area contributed by atoms with Crippen molar-refractivity contribution in [2.24, 2.45) is 0 Å². The Kier molecular flexibility index (Phi) is 5.32. The molecule has 7 nitrogen and oxygen atoms in total. The first-order valence-electron chi connectivity index (χ1n) is 10.4. The summed E-state index contributed by atoms with van der Waals surface area (Å²) in [6, 6.07) is 22.8. The highest BCUT2D eigenvalue weighted by Gasteiger charge is 2.34. The molecule has 1 amide bonds. The Balaban J connectivity index is 1.61. The van der Waals surface area contributed by atoms with Gasteiger partial charge in [0.15, 0.2) is 5.82 Å². The van der Waals surface area contributed by atoms with E-state index in [4.69, 9.17) is 16.7 Å². The predicted octanol–water partition coefficient (Wildman–Crippen LogP) is 5.23. The quantitative estimate of drug-likeness (QED) is 0.390. The second kappa shape index (κ2) is 8.44. The third kappa shape index (κ3) is 4.06. The number of carbonyl (C=O) groups is 1. The minimum absolute atomic E-state index is 0.141. The van der Waals surface area contributed by atoms with Crippen LogP contribution in [-0.4, -0.2) is 25.8 Å². The Hall–Kier alpha value is -4.10. The average molecular weight is 458 g/mol. The molecule has 2 heterocycles. The maximum absolute atomic E-state index is 13.4. The molecule has 4 aromatic rings. The molecule has 1 aliphatic rings. The van der Waals surface area contributed by atoms with Gasteiger partial charge >= 0.3 is 0 Å². The van der Waals surface area contributed by atoms with E-state index in [1.54, 1.807) is 41.1 Å². The van der Waals surface area contributed by atoms with Gasteiger partial charge in [0, 0.05) is 22.0 Å². The van der Waals surface area contributed by atoms with Crippen LogP contribution in [0.2, 0.25) is 5.02 Å². The van der Waals surface area contributed by atoms with E-state index in [0.717, 1.165) is 11.1 Å². The minimum atomic E-state index is -0.550. The van der Waals surface area contributed by atoms with Crippen molar-refractivity contribution in [2.45, 2.75) is 13.0 Å². The van der Waals surface area contributed by atoms with Crippen LogP contribution in [0, 0.1) is 0 Å². The number of benzene rings is 3. The van der Waals surface area contributed by atoms with E-state index in [-0.39, 0.29) is 11.7 Å². The molecule has 3 aromatic carbocycles. The fraction of sp³-hybridized carbons (Fsp3) is 0.0800. The highest BCUT2D eigenvalue weighted by molar-refractivity contribution is 6.30. The summed E-state index contributed by atoms with van der Waals surface area (Å²) < 4.78 is 1.69. The number of aromatic nitrogens is 3. The molecular weight excluding hydrogens is 438 g/mol. The number of nitrogens with zero attached hydrogens (tertiary/aromatic N) is 3.